The maximum Gasteiger partial charge on any atom is 0.207 e. The summed E-state index contributed by atoms with van der Waals surface area (Å²) in [5, 5.41) is 13.2. The Balaban J connectivity index is 1.89. The van der Waals surface area contributed by atoms with Crippen LogP contribution >= 0.6 is 23.5 Å². The first-order chi connectivity index (χ1) is 10.8. The molecule has 0 bridgehead atoms. The molecule has 0 saturated carbocycles. The van der Waals surface area contributed by atoms with Gasteiger partial charge in [0.2, 0.25) is 4.27 Å². The first-order valence-corrected chi connectivity index (χ1v) is 8.94. The monoisotopic (exact) mass is 331 g/mol. The fraction of sp³-hybridized carbons (Fsp3) is 0.235. The van der Waals surface area contributed by atoms with Crippen molar-refractivity contribution in [2.24, 2.45) is 5.16 Å². The Kier molecular flexibility index (Phi) is 4.76. The van der Waals surface area contributed by atoms with Gasteiger partial charge in [-0.1, -0.05) is 59.8 Å². The van der Waals surface area contributed by atoms with Gasteiger partial charge in [0.25, 0.3) is 0 Å². The van der Waals surface area contributed by atoms with E-state index in [1.165, 1.54) is 11.1 Å². The van der Waals surface area contributed by atoms with Crippen LogP contribution < -0.4 is 0 Å². The van der Waals surface area contributed by atoms with E-state index in [1.807, 2.05) is 36.4 Å². The maximum atomic E-state index is 9.58. The zero-order valence-corrected chi connectivity index (χ0v) is 13.9. The molecule has 1 atom stereocenters. The second kappa shape index (κ2) is 6.77. The van der Waals surface area contributed by atoms with Gasteiger partial charge in [-0.25, -0.2) is 0 Å². The zero-order valence-electron chi connectivity index (χ0n) is 12.2. The number of nitrogens with zero attached hydrogens (tertiary/aromatic N) is 1. The molecule has 0 radical (unpaired) electrons. The predicted molar refractivity (Wildman–Crippen MR) is 93.5 cm³/mol. The largest absolute Gasteiger partial charge is 0.410 e. The Labute approximate surface area is 138 Å². The standard InChI is InChI=1S/C17H17NO2S2/c1-20-17(21-11-13-7-3-2-4-8-13)16(18-19)15-10-6-5-9-14(15)12-22-17/h2-10,19H,11-12H2,1H3/b18-16-. The lowest BCUT2D eigenvalue weighted by atomic mass is 10.0. The van der Waals surface area contributed by atoms with E-state index < -0.39 is 4.27 Å². The SMILES string of the molecule is COC1(SCc2ccccc2)SCc2ccccc2/C1=N/O. The van der Waals surface area contributed by atoms with E-state index in [2.05, 4.69) is 23.4 Å². The summed E-state index contributed by atoms with van der Waals surface area (Å²) in [6, 6.07) is 18.3. The summed E-state index contributed by atoms with van der Waals surface area (Å²) in [5.74, 6) is 1.63. The van der Waals surface area contributed by atoms with E-state index >= 15 is 0 Å². The van der Waals surface area contributed by atoms with Crippen LogP contribution in [0.2, 0.25) is 0 Å². The van der Waals surface area contributed by atoms with Gasteiger partial charge < -0.3 is 9.94 Å². The fourth-order valence-electron chi connectivity index (χ4n) is 2.48. The first kappa shape index (κ1) is 15.5. The zero-order chi connectivity index (χ0) is 15.4. The van der Waals surface area contributed by atoms with Crippen molar-refractivity contribution < 1.29 is 9.94 Å². The third kappa shape index (κ3) is 2.89. The highest BCUT2D eigenvalue weighted by atomic mass is 32.2. The van der Waals surface area contributed by atoms with Crippen LogP contribution in [0.1, 0.15) is 16.7 Å². The van der Waals surface area contributed by atoms with Crippen molar-refractivity contribution >= 4 is 29.2 Å². The molecule has 22 heavy (non-hydrogen) atoms. The van der Waals surface area contributed by atoms with Crippen LogP contribution in [0.5, 0.6) is 0 Å². The summed E-state index contributed by atoms with van der Waals surface area (Å²) in [6.45, 7) is 0. The summed E-state index contributed by atoms with van der Waals surface area (Å²) >= 11 is 3.30. The third-order valence-electron chi connectivity index (χ3n) is 3.62. The molecule has 1 unspecified atom stereocenters. The van der Waals surface area contributed by atoms with Gasteiger partial charge >= 0.3 is 0 Å². The lowest BCUT2D eigenvalue weighted by molar-refractivity contribution is 0.190. The quantitative estimate of drug-likeness (QED) is 0.514. The highest BCUT2D eigenvalue weighted by molar-refractivity contribution is 8.18. The molecular weight excluding hydrogens is 314 g/mol. The molecule has 0 saturated heterocycles. The molecule has 2 aromatic rings. The molecule has 0 aliphatic carbocycles. The van der Waals surface area contributed by atoms with E-state index in [0.29, 0.717) is 5.71 Å². The second-order valence-corrected chi connectivity index (χ2v) is 7.49. The molecule has 0 amide bonds. The van der Waals surface area contributed by atoms with E-state index in [4.69, 9.17) is 4.74 Å². The van der Waals surface area contributed by atoms with Crippen molar-refractivity contribution in [3.63, 3.8) is 0 Å². The van der Waals surface area contributed by atoms with E-state index in [1.54, 1.807) is 30.6 Å². The second-order valence-electron chi connectivity index (χ2n) is 4.93. The number of thioether (sulfide) groups is 2. The van der Waals surface area contributed by atoms with Crippen LogP contribution in [0.3, 0.4) is 0 Å². The Morgan fingerprint density at radius 2 is 1.91 bits per heavy atom. The Morgan fingerprint density at radius 3 is 2.64 bits per heavy atom. The van der Waals surface area contributed by atoms with Crippen molar-refractivity contribution in [2.75, 3.05) is 7.11 Å². The Hall–Kier alpha value is -1.43. The number of oxime groups is 1. The lowest BCUT2D eigenvalue weighted by Crippen LogP contribution is -2.38. The maximum absolute atomic E-state index is 9.58. The molecule has 3 rings (SSSR count). The Bertz CT molecular complexity index is 675. The van der Waals surface area contributed by atoms with Crippen molar-refractivity contribution in [1.82, 2.24) is 0 Å². The minimum Gasteiger partial charge on any atom is -0.410 e. The molecule has 1 aliphatic heterocycles. The number of benzene rings is 2. The lowest BCUT2D eigenvalue weighted by Gasteiger charge is -2.36. The molecule has 3 nitrogen and oxygen atoms in total. The van der Waals surface area contributed by atoms with Crippen LogP contribution in [0.4, 0.5) is 0 Å². The molecule has 5 heteroatoms. The van der Waals surface area contributed by atoms with Crippen molar-refractivity contribution in [3.8, 4) is 0 Å². The van der Waals surface area contributed by atoms with Crippen molar-refractivity contribution in [3.05, 3.63) is 71.3 Å². The van der Waals surface area contributed by atoms with Gasteiger partial charge in [-0.3, -0.25) is 0 Å². The highest BCUT2D eigenvalue weighted by Crippen LogP contribution is 2.48. The summed E-state index contributed by atoms with van der Waals surface area (Å²) in [7, 11) is 1.67. The molecular formula is C17H17NO2S2. The minimum atomic E-state index is -0.682. The minimum absolute atomic E-state index is 0.586. The van der Waals surface area contributed by atoms with Crippen LogP contribution in [0.25, 0.3) is 0 Å². The van der Waals surface area contributed by atoms with Gasteiger partial charge in [0.1, 0.15) is 5.71 Å². The molecule has 2 aromatic carbocycles. The van der Waals surface area contributed by atoms with Gasteiger partial charge in [-0.05, 0) is 11.1 Å². The average molecular weight is 331 g/mol. The number of hydrogen-bond acceptors (Lipinski definition) is 5. The summed E-state index contributed by atoms with van der Waals surface area (Å²) in [4.78, 5) is 0. The topological polar surface area (TPSA) is 41.8 Å². The van der Waals surface area contributed by atoms with Gasteiger partial charge in [0.05, 0.1) is 0 Å². The average Bonchev–Trinajstić information content (AvgIpc) is 2.60. The molecule has 0 spiro atoms. The highest BCUT2D eigenvalue weighted by Gasteiger charge is 2.43. The molecule has 1 N–H and O–H groups in total. The van der Waals surface area contributed by atoms with E-state index in [9.17, 15) is 5.21 Å². The number of ether oxygens (including phenoxy) is 1. The number of rotatable bonds is 4. The van der Waals surface area contributed by atoms with Crippen LogP contribution in [-0.4, -0.2) is 22.3 Å². The summed E-state index contributed by atoms with van der Waals surface area (Å²) in [6.07, 6.45) is 0. The van der Waals surface area contributed by atoms with Gasteiger partial charge in [0.15, 0.2) is 0 Å². The fourth-order valence-corrected chi connectivity index (χ4v) is 5.12. The van der Waals surface area contributed by atoms with Gasteiger partial charge in [-0.2, -0.15) is 0 Å². The molecule has 0 fully saturated rings. The molecule has 1 aliphatic rings. The third-order valence-corrected chi connectivity index (χ3v) is 6.74. The van der Waals surface area contributed by atoms with Gasteiger partial charge in [0, 0.05) is 24.2 Å². The van der Waals surface area contributed by atoms with E-state index in [-0.39, 0.29) is 0 Å². The molecule has 1 heterocycles. The summed E-state index contributed by atoms with van der Waals surface area (Å²) in [5.41, 5.74) is 3.95. The van der Waals surface area contributed by atoms with Crippen molar-refractivity contribution in [1.29, 1.82) is 0 Å². The van der Waals surface area contributed by atoms with Crippen molar-refractivity contribution in [2.45, 2.75) is 15.8 Å². The summed E-state index contributed by atoms with van der Waals surface area (Å²) < 4.78 is 5.11. The molecule has 114 valence electrons. The van der Waals surface area contributed by atoms with Crippen LogP contribution in [0, 0.1) is 0 Å². The normalized spacial score (nSPS) is 22.5. The smallest absolute Gasteiger partial charge is 0.207 e. The molecule has 0 aromatic heterocycles. The predicted octanol–water partition coefficient (Wildman–Crippen LogP) is 4.35. The number of fused-ring (bicyclic) bond motifs is 1. The van der Waals surface area contributed by atoms with Crippen LogP contribution in [-0.2, 0) is 16.2 Å². The number of methoxy groups -OCH3 is 1. The van der Waals surface area contributed by atoms with Crippen LogP contribution in [0.15, 0.2) is 59.8 Å². The number of hydrogen-bond donors (Lipinski definition) is 1. The first-order valence-electron chi connectivity index (χ1n) is 6.97. The van der Waals surface area contributed by atoms with Gasteiger partial charge in [-0.15, -0.1) is 23.5 Å². The Morgan fingerprint density at radius 1 is 1.18 bits per heavy atom. The van der Waals surface area contributed by atoms with E-state index in [0.717, 1.165) is 17.1 Å².